The van der Waals surface area contributed by atoms with Crippen molar-refractivity contribution in [1.82, 2.24) is 15.2 Å². The van der Waals surface area contributed by atoms with Crippen LogP contribution in [0.5, 0.6) is 0 Å². The fraction of sp³-hybridized carbons (Fsp3) is 0.417. The van der Waals surface area contributed by atoms with Crippen LogP contribution in [0.2, 0.25) is 5.15 Å². The van der Waals surface area contributed by atoms with Crippen molar-refractivity contribution in [3.05, 3.63) is 28.8 Å². The maximum Gasteiger partial charge on any atom is 0.408 e. The predicted molar refractivity (Wildman–Crippen MR) is 69.1 cm³/mol. The molecule has 1 aromatic rings. The number of halogens is 3. The summed E-state index contributed by atoms with van der Waals surface area (Å²) in [5, 5.41) is 11.4. The van der Waals surface area contributed by atoms with Crippen molar-refractivity contribution in [3.8, 4) is 0 Å². The minimum absolute atomic E-state index is 0.0671. The molecule has 1 fully saturated rings. The lowest BCUT2D eigenvalue weighted by molar-refractivity contribution is -0.125. The molecule has 1 aliphatic heterocycles. The summed E-state index contributed by atoms with van der Waals surface area (Å²) in [6, 6.07) is 0.136. The van der Waals surface area contributed by atoms with Crippen LogP contribution in [0.15, 0.2) is 12.3 Å². The van der Waals surface area contributed by atoms with E-state index in [0.717, 1.165) is 11.1 Å². The van der Waals surface area contributed by atoms with E-state index in [4.69, 9.17) is 16.7 Å². The minimum atomic E-state index is -1.39. The first-order chi connectivity index (χ1) is 9.88. The van der Waals surface area contributed by atoms with Crippen LogP contribution in [0.3, 0.4) is 0 Å². The van der Waals surface area contributed by atoms with Gasteiger partial charge in [-0.2, -0.15) is 0 Å². The topological polar surface area (TPSA) is 82.5 Å². The Bertz CT molecular complexity index is 573. The number of hydrogen-bond donors (Lipinski definition) is 2. The van der Waals surface area contributed by atoms with Crippen LogP contribution < -0.4 is 5.32 Å². The number of alkyl halides is 1. The number of rotatable bonds is 3. The smallest absolute Gasteiger partial charge is 0.408 e. The second-order valence-corrected chi connectivity index (χ2v) is 4.99. The van der Waals surface area contributed by atoms with Gasteiger partial charge in [-0.1, -0.05) is 11.6 Å². The van der Waals surface area contributed by atoms with Crippen LogP contribution in [0.4, 0.5) is 13.6 Å². The molecule has 0 unspecified atom stereocenters. The molecule has 2 atom stereocenters. The van der Waals surface area contributed by atoms with E-state index in [1.165, 1.54) is 6.07 Å². The molecule has 0 saturated carbocycles. The van der Waals surface area contributed by atoms with Gasteiger partial charge in [0.05, 0.1) is 12.7 Å². The van der Waals surface area contributed by atoms with Gasteiger partial charge in [0.15, 0.2) is 0 Å². The van der Waals surface area contributed by atoms with E-state index in [2.05, 4.69) is 10.3 Å². The average molecular weight is 320 g/mol. The SMILES string of the molecule is O=C(NCc1cc(Cl)ncc1F)[C@@H]1C[C@@H](F)CN1C(=O)O. The highest BCUT2D eigenvalue weighted by Crippen LogP contribution is 2.21. The second-order valence-electron chi connectivity index (χ2n) is 4.60. The predicted octanol–water partition coefficient (Wildman–Crippen LogP) is 1.58. The van der Waals surface area contributed by atoms with Gasteiger partial charge in [-0.3, -0.25) is 9.69 Å². The Kier molecular flexibility index (Phi) is 4.56. The number of likely N-dealkylation sites (tertiary alicyclic amines) is 1. The quantitative estimate of drug-likeness (QED) is 0.829. The third-order valence-electron chi connectivity index (χ3n) is 3.15. The zero-order chi connectivity index (χ0) is 15.6. The summed E-state index contributed by atoms with van der Waals surface area (Å²) in [6.45, 7) is -0.531. The van der Waals surface area contributed by atoms with E-state index in [1.807, 2.05) is 0 Å². The minimum Gasteiger partial charge on any atom is -0.465 e. The molecule has 21 heavy (non-hydrogen) atoms. The van der Waals surface area contributed by atoms with Crippen LogP contribution in [0, 0.1) is 5.82 Å². The van der Waals surface area contributed by atoms with Gasteiger partial charge in [0.1, 0.15) is 23.2 Å². The highest BCUT2D eigenvalue weighted by Gasteiger charge is 2.39. The summed E-state index contributed by atoms with van der Waals surface area (Å²) >= 11 is 5.62. The van der Waals surface area contributed by atoms with Gasteiger partial charge in [-0.05, 0) is 6.07 Å². The lowest BCUT2D eigenvalue weighted by Crippen LogP contribution is -2.45. The fourth-order valence-corrected chi connectivity index (χ4v) is 2.31. The molecular formula is C12H12ClF2N3O3. The summed E-state index contributed by atoms with van der Waals surface area (Å²) < 4.78 is 26.7. The summed E-state index contributed by atoms with van der Waals surface area (Å²) in [4.78, 5) is 27.1. The van der Waals surface area contributed by atoms with E-state index >= 15 is 0 Å². The van der Waals surface area contributed by atoms with Crippen LogP contribution in [0.1, 0.15) is 12.0 Å². The fourth-order valence-electron chi connectivity index (χ4n) is 2.13. The molecule has 6 nitrogen and oxygen atoms in total. The van der Waals surface area contributed by atoms with Gasteiger partial charge in [-0.25, -0.2) is 18.6 Å². The Morgan fingerprint density at radius 2 is 2.29 bits per heavy atom. The van der Waals surface area contributed by atoms with E-state index in [9.17, 15) is 18.4 Å². The molecule has 0 aliphatic carbocycles. The molecule has 1 saturated heterocycles. The van der Waals surface area contributed by atoms with Crippen molar-refractivity contribution >= 4 is 23.6 Å². The van der Waals surface area contributed by atoms with Gasteiger partial charge in [-0.15, -0.1) is 0 Å². The average Bonchev–Trinajstić information content (AvgIpc) is 2.82. The number of hydrogen-bond acceptors (Lipinski definition) is 3. The zero-order valence-electron chi connectivity index (χ0n) is 10.7. The Hall–Kier alpha value is -1.96. The number of amides is 2. The Morgan fingerprint density at radius 3 is 2.95 bits per heavy atom. The summed E-state index contributed by atoms with van der Waals surface area (Å²) in [5.41, 5.74) is 0.111. The molecule has 2 heterocycles. The largest absolute Gasteiger partial charge is 0.465 e. The first kappa shape index (κ1) is 15.4. The van der Waals surface area contributed by atoms with E-state index in [1.54, 1.807) is 0 Å². The van der Waals surface area contributed by atoms with Crippen LogP contribution >= 0.6 is 11.6 Å². The summed E-state index contributed by atoms with van der Waals surface area (Å²) in [5.74, 6) is -1.32. The van der Waals surface area contributed by atoms with Gasteiger partial charge in [0, 0.05) is 18.5 Å². The number of nitrogens with one attached hydrogen (secondary N) is 1. The van der Waals surface area contributed by atoms with E-state index < -0.39 is 30.0 Å². The first-order valence-corrected chi connectivity index (χ1v) is 6.47. The van der Waals surface area contributed by atoms with Crippen molar-refractivity contribution in [3.63, 3.8) is 0 Å². The number of pyridine rings is 1. The molecule has 0 aromatic carbocycles. The molecule has 2 N–H and O–H groups in total. The molecule has 114 valence electrons. The number of carbonyl (C=O) groups is 2. The summed E-state index contributed by atoms with van der Waals surface area (Å²) in [6.07, 6.45) is -2.05. The maximum absolute atomic E-state index is 13.4. The van der Waals surface area contributed by atoms with E-state index in [-0.39, 0.29) is 30.2 Å². The monoisotopic (exact) mass is 319 g/mol. The van der Waals surface area contributed by atoms with Gasteiger partial charge >= 0.3 is 6.09 Å². The Morgan fingerprint density at radius 1 is 1.57 bits per heavy atom. The van der Waals surface area contributed by atoms with Crippen LogP contribution in [-0.4, -0.2) is 45.7 Å². The molecule has 9 heteroatoms. The van der Waals surface area contributed by atoms with Gasteiger partial charge in [0.25, 0.3) is 0 Å². The second kappa shape index (κ2) is 6.21. The maximum atomic E-state index is 13.4. The molecular weight excluding hydrogens is 308 g/mol. The molecule has 2 rings (SSSR count). The lowest BCUT2D eigenvalue weighted by Gasteiger charge is -2.20. The van der Waals surface area contributed by atoms with Crippen molar-refractivity contribution in [2.24, 2.45) is 0 Å². The number of carbonyl (C=O) groups excluding carboxylic acids is 1. The Balaban J connectivity index is 2.01. The normalized spacial score (nSPS) is 21.4. The van der Waals surface area contributed by atoms with Crippen molar-refractivity contribution < 1.29 is 23.5 Å². The molecule has 0 radical (unpaired) electrons. The molecule has 1 aliphatic rings. The van der Waals surface area contributed by atoms with Crippen LogP contribution in [-0.2, 0) is 11.3 Å². The van der Waals surface area contributed by atoms with Crippen molar-refractivity contribution in [2.75, 3.05) is 6.54 Å². The van der Waals surface area contributed by atoms with Gasteiger partial charge < -0.3 is 10.4 Å². The Labute approximate surface area is 123 Å². The third kappa shape index (κ3) is 3.57. The molecule has 0 bridgehead atoms. The third-order valence-corrected chi connectivity index (χ3v) is 3.36. The molecule has 1 aromatic heterocycles. The van der Waals surface area contributed by atoms with Gasteiger partial charge in [0.2, 0.25) is 5.91 Å². The zero-order valence-corrected chi connectivity index (χ0v) is 11.5. The van der Waals surface area contributed by atoms with Crippen LogP contribution in [0.25, 0.3) is 0 Å². The standard InChI is InChI=1S/C12H12ClF2N3O3/c13-10-1-6(8(15)4-16-10)3-17-11(19)9-2-7(14)5-18(9)12(20)21/h1,4,7,9H,2-3,5H2,(H,17,19)(H,20,21)/t7-,9+/m1/s1. The summed E-state index contributed by atoms with van der Waals surface area (Å²) in [7, 11) is 0. The number of nitrogens with zero attached hydrogens (tertiary/aromatic N) is 2. The highest BCUT2D eigenvalue weighted by atomic mass is 35.5. The number of aromatic nitrogens is 1. The lowest BCUT2D eigenvalue weighted by atomic mass is 10.2. The number of carboxylic acid groups (broad SMARTS) is 1. The molecule has 2 amide bonds. The van der Waals surface area contributed by atoms with E-state index in [0.29, 0.717) is 0 Å². The highest BCUT2D eigenvalue weighted by molar-refractivity contribution is 6.29. The molecule has 0 spiro atoms. The first-order valence-electron chi connectivity index (χ1n) is 6.09. The van der Waals surface area contributed by atoms with Crippen molar-refractivity contribution in [1.29, 1.82) is 0 Å². The van der Waals surface area contributed by atoms with Crippen molar-refractivity contribution in [2.45, 2.75) is 25.2 Å².